The van der Waals surface area contributed by atoms with E-state index in [9.17, 15) is 0 Å². The molecule has 1 rings (SSSR count). The Hall–Kier alpha value is -0.200. The number of hydrogen-bond acceptors (Lipinski definition) is 3. The molecule has 0 aromatic heterocycles. The van der Waals surface area contributed by atoms with E-state index in [1.807, 2.05) is 11.8 Å². The van der Waals surface area contributed by atoms with Crippen LogP contribution in [0.25, 0.3) is 0 Å². The molecule has 1 aliphatic heterocycles. The van der Waals surface area contributed by atoms with Gasteiger partial charge < -0.3 is 4.74 Å². The summed E-state index contributed by atoms with van der Waals surface area (Å²) < 4.78 is 5.27. The number of nitrogens with zero attached hydrogens (tertiary/aromatic N) is 1. The van der Waals surface area contributed by atoms with E-state index >= 15 is 0 Å². The maximum absolute atomic E-state index is 9.13. The minimum Gasteiger partial charge on any atom is -0.381 e. The van der Waals surface area contributed by atoms with Gasteiger partial charge in [-0.1, -0.05) is 6.92 Å². The van der Waals surface area contributed by atoms with Crippen molar-refractivity contribution in [3.8, 4) is 6.07 Å². The fourth-order valence-electron chi connectivity index (χ4n) is 1.59. The highest BCUT2D eigenvalue weighted by Gasteiger charge is 2.31. The number of rotatable bonds is 4. The fourth-order valence-corrected chi connectivity index (χ4v) is 2.42. The molecule has 0 amide bonds. The molecule has 0 aromatic rings. The molecule has 0 bridgehead atoms. The predicted octanol–water partition coefficient (Wildman–Crippen LogP) is 2.45. The maximum Gasteiger partial charge on any atom is 0.0691 e. The minimum absolute atomic E-state index is 0.0690. The van der Waals surface area contributed by atoms with E-state index in [0.717, 1.165) is 44.0 Å². The van der Waals surface area contributed by atoms with Crippen LogP contribution in [-0.4, -0.2) is 24.7 Å². The molecule has 0 aliphatic carbocycles. The lowest BCUT2D eigenvalue weighted by Gasteiger charge is -2.30. The van der Waals surface area contributed by atoms with E-state index in [1.165, 1.54) is 0 Å². The van der Waals surface area contributed by atoms with Crippen molar-refractivity contribution in [3.05, 3.63) is 0 Å². The summed E-state index contributed by atoms with van der Waals surface area (Å²) in [6.07, 6.45) is 2.88. The van der Waals surface area contributed by atoms with Gasteiger partial charge in [0.25, 0.3) is 0 Å². The standard InChI is InChI=1S/C10H17NOS/c1-2-13-8-5-10(9-11)3-6-12-7-4-10/h2-8H2,1H3. The highest BCUT2D eigenvalue weighted by Crippen LogP contribution is 2.34. The van der Waals surface area contributed by atoms with Gasteiger partial charge in [0.05, 0.1) is 11.5 Å². The second-order valence-electron chi connectivity index (χ2n) is 3.45. The summed E-state index contributed by atoms with van der Waals surface area (Å²) >= 11 is 1.92. The third-order valence-electron chi connectivity index (χ3n) is 2.62. The molecule has 3 heteroatoms. The average molecular weight is 199 g/mol. The SMILES string of the molecule is CCSCCC1(C#N)CCOCC1. The number of hydrogen-bond donors (Lipinski definition) is 0. The fraction of sp³-hybridized carbons (Fsp3) is 0.900. The first-order chi connectivity index (χ1) is 6.33. The third kappa shape index (κ3) is 3.21. The van der Waals surface area contributed by atoms with Crippen LogP contribution in [0.4, 0.5) is 0 Å². The first-order valence-corrected chi connectivity index (χ1v) is 6.05. The molecular weight excluding hydrogens is 182 g/mol. The van der Waals surface area contributed by atoms with Crippen molar-refractivity contribution in [1.29, 1.82) is 5.26 Å². The van der Waals surface area contributed by atoms with Crippen molar-refractivity contribution in [2.24, 2.45) is 5.41 Å². The van der Waals surface area contributed by atoms with Crippen LogP contribution in [-0.2, 0) is 4.74 Å². The van der Waals surface area contributed by atoms with Crippen LogP contribution in [0.5, 0.6) is 0 Å². The van der Waals surface area contributed by atoms with E-state index in [0.29, 0.717) is 0 Å². The summed E-state index contributed by atoms with van der Waals surface area (Å²) in [5.41, 5.74) is -0.0690. The molecule has 0 N–H and O–H groups in total. The van der Waals surface area contributed by atoms with Gasteiger partial charge in [0.1, 0.15) is 0 Å². The van der Waals surface area contributed by atoms with Crippen LogP contribution < -0.4 is 0 Å². The van der Waals surface area contributed by atoms with Crippen molar-refractivity contribution in [3.63, 3.8) is 0 Å². The van der Waals surface area contributed by atoms with Gasteiger partial charge in [-0.05, 0) is 30.8 Å². The van der Waals surface area contributed by atoms with E-state index in [4.69, 9.17) is 10.00 Å². The quantitative estimate of drug-likeness (QED) is 0.652. The van der Waals surface area contributed by atoms with Crippen LogP contribution in [0.3, 0.4) is 0 Å². The molecule has 1 fully saturated rings. The largest absolute Gasteiger partial charge is 0.381 e. The molecule has 1 saturated heterocycles. The van der Waals surface area contributed by atoms with Gasteiger partial charge >= 0.3 is 0 Å². The van der Waals surface area contributed by atoms with Crippen LogP contribution in [0.1, 0.15) is 26.2 Å². The lowest BCUT2D eigenvalue weighted by atomic mass is 9.79. The molecule has 0 saturated carbocycles. The van der Waals surface area contributed by atoms with Crippen molar-refractivity contribution < 1.29 is 4.74 Å². The number of thioether (sulfide) groups is 1. The first-order valence-electron chi connectivity index (χ1n) is 4.90. The average Bonchev–Trinajstić information content (AvgIpc) is 2.20. The normalized spacial score (nSPS) is 20.9. The van der Waals surface area contributed by atoms with Crippen molar-refractivity contribution >= 4 is 11.8 Å². The van der Waals surface area contributed by atoms with Gasteiger partial charge in [0, 0.05) is 13.2 Å². The Morgan fingerprint density at radius 1 is 1.46 bits per heavy atom. The molecule has 0 spiro atoms. The summed E-state index contributed by atoms with van der Waals surface area (Å²) in [6.45, 7) is 3.70. The summed E-state index contributed by atoms with van der Waals surface area (Å²) in [7, 11) is 0. The zero-order chi connectivity index (χ0) is 9.57. The Kier molecular flexibility index (Phi) is 4.61. The van der Waals surface area contributed by atoms with Gasteiger partial charge in [0.2, 0.25) is 0 Å². The Bertz CT molecular complexity index is 182. The van der Waals surface area contributed by atoms with E-state index < -0.39 is 0 Å². The highest BCUT2D eigenvalue weighted by atomic mass is 32.2. The van der Waals surface area contributed by atoms with E-state index in [2.05, 4.69) is 13.0 Å². The van der Waals surface area contributed by atoms with Gasteiger partial charge in [-0.3, -0.25) is 0 Å². The molecule has 13 heavy (non-hydrogen) atoms. The van der Waals surface area contributed by atoms with Gasteiger partial charge in [0.15, 0.2) is 0 Å². The molecule has 74 valence electrons. The summed E-state index contributed by atoms with van der Waals surface area (Å²) in [5, 5.41) is 9.13. The molecule has 2 nitrogen and oxygen atoms in total. The van der Waals surface area contributed by atoms with Crippen molar-refractivity contribution in [1.82, 2.24) is 0 Å². The monoisotopic (exact) mass is 199 g/mol. The summed E-state index contributed by atoms with van der Waals surface area (Å²) in [4.78, 5) is 0. The smallest absolute Gasteiger partial charge is 0.0691 e. The van der Waals surface area contributed by atoms with E-state index in [-0.39, 0.29) is 5.41 Å². The topological polar surface area (TPSA) is 33.0 Å². The molecule has 1 aliphatic rings. The second-order valence-corrected chi connectivity index (χ2v) is 4.85. The lowest BCUT2D eigenvalue weighted by molar-refractivity contribution is 0.0394. The second kappa shape index (κ2) is 5.51. The molecule has 0 atom stereocenters. The molecule has 0 radical (unpaired) electrons. The maximum atomic E-state index is 9.13. The minimum atomic E-state index is -0.0690. The first kappa shape index (κ1) is 10.9. The highest BCUT2D eigenvalue weighted by molar-refractivity contribution is 7.99. The molecule has 1 heterocycles. The van der Waals surface area contributed by atoms with Gasteiger partial charge in [-0.2, -0.15) is 17.0 Å². The third-order valence-corrected chi connectivity index (χ3v) is 3.52. The Balaban J connectivity index is 2.35. The number of ether oxygens (including phenoxy) is 1. The zero-order valence-corrected chi connectivity index (χ0v) is 9.03. The van der Waals surface area contributed by atoms with E-state index in [1.54, 1.807) is 0 Å². The van der Waals surface area contributed by atoms with Gasteiger partial charge in [-0.25, -0.2) is 0 Å². The van der Waals surface area contributed by atoms with Crippen LogP contribution in [0, 0.1) is 16.7 Å². The summed E-state index contributed by atoms with van der Waals surface area (Å²) in [6, 6.07) is 2.48. The Morgan fingerprint density at radius 2 is 2.15 bits per heavy atom. The number of nitriles is 1. The zero-order valence-electron chi connectivity index (χ0n) is 8.21. The van der Waals surface area contributed by atoms with Gasteiger partial charge in [-0.15, -0.1) is 0 Å². The van der Waals surface area contributed by atoms with Crippen LogP contribution in [0.2, 0.25) is 0 Å². The Labute approximate surface area is 84.6 Å². The van der Waals surface area contributed by atoms with Crippen molar-refractivity contribution in [2.45, 2.75) is 26.2 Å². The molecular formula is C10H17NOS. The Morgan fingerprint density at radius 3 is 2.69 bits per heavy atom. The summed E-state index contributed by atoms with van der Waals surface area (Å²) in [5.74, 6) is 2.27. The van der Waals surface area contributed by atoms with Crippen LogP contribution in [0.15, 0.2) is 0 Å². The van der Waals surface area contributed by atoms with Crippen molar-refractivity contribution in [2.75, 3.05) is 24.7 Å². The lowest BCUT2D eigenvalue weighted by Crippen LogP contribution is -2.28. The van der Waals surface area contributed by atoms with Crippen LogP contribution >= 0.6 is 11.8 Å². The molecule has 0 aromatic carbocycles. The predicted molar refractivity (Wildman–Crippen MR) is 55.7 cm³/mol. The molecule has 0 unspecified atom stereocenters.